The van der Waals surface area contributed by atoms with Crippen LogP contribution in [-0.4, -0.2) is 19.5 Å². The van der Waals surface area contributed by atoms with Crippen LogP contribution < -0.4 is 5.32 Å². The van der Waals surface area contributed by atoms with Crippen molar-refractivity contribution in [3.05, 3.63) is 0 Å². The second-order valence-corrected chi connectivity index (χ2v) is 2.83. The van der Waals surface area contributed by atoms with E-state index in [2.05, 4.69) is 5.32 Å². The van der Waals surface area contributed by atoms with Gasteiger partial charge in [-0.3, -0.25) is 0 Å². The average molecular weight is 149 g/mol. The smallest absolute Gasteiger partial charge is 0.238 e. The lowest BCUT2D eigenvalue weighted by atomic mass is 10.0. The molecule has 1 rings (SSSR count). The zero-order valence-corrected chi connectivity index (χ0v) is 5.95. The first-order chi connectivity index (χ1) is 4.79. The van der Waals surface area contributed by atoms with Gasteiger partial charge in [0.1, 0.15) is 0 Å². The first-order valence-corrected chi connectivity index (χ1v) is 3.78. The summed E-state index contributed by atoms with van der Waals surface area (Å²) >= 11 is 0. The van der Waals surface area contributed by atoms with Crippen molar-refractivity contribution in [2.24, 2.45) is 5.92 Å². The second kappa shape index (κ2) is 3.86. The normalized spacial score (nSPS) is 26.1. The van der Waals surface area contributed by atoms with Crippen LogP contribution in [0, 0.1) is 5.92 Å². The first kappa shape index (κ1) is 7.92. The van der Waals surface area contributed by atoms with Crippen molar-refractivity contribution in [1.29, 1.82) is 0 Å². The summed E-state index contributed by atoms with van der Waals surface area (Å²) in [4.78, 5) is 0. The molecule has 1 fully saturated rings. The maximum Gasteiger partial charge on any atom is 0.238 e. The highest BCUT2D eigenvalue weighted by Gasteiger charge is 2.15. The molecule has 1 unspecified atom stereocenters. The van der Waals surface area contributed by atoms with E-state index >= 15 is 0 Å². The van der Waals surface area contributed by atoms with Gasteiger partial charge in [0.15, 0.2) is 0 Å². The summed E-state index contributed by atoms with van der Waals surface area (Å²) < 4.78 is 23.3. The molecule has 0 aliphatic carbocycles. The zero-order valence-electron chi connectivity index (χ0n) is 5.95. The van der Waals surface area contributed by atoms with Crippen molar-refractivity contribution in [2.45, 2.75) is 25.7 Å². The number of halogens is 2. The molecule has 0 aromatic rings. The molecular weight excluding hydrogens is 136 g/mol. The van der Waals surface area contributed by atoms with Crippen LogP contribution in [0.4, 0.5) is 8.78 Å². The third-order valence-electron chi connectivity index (χ3n) is 1.96. The van der Waals surface area contributed by atoms with Gasteiger partial charge in [0.2, 0.25) is 6.43 Å². The Morgan fingerprint density at radius 2 is 2.30 bits per heavy atom. The Balaban J connectivity index is 2.01. The Morgan fingerprint density at radius 3 is 2.80 bits per heavy atom. The molecule has 0 radical (unpaired) electrons. The van der Waals surface area contributed by atoms with E-state index in [0.717, 1.165) is 19.5 Å². The topological polar surface area (TPSA) is 12.0 Å². The van der Waals surface area contributed by atoms with Crippen LogP contribution in [0.2, 0.25) is 0 Å². The van der Waals surface area contributed by atoms with Crippen LogP contribution in [-0.2, 0) is 0 Å². The van der Waals surface area contributed by atoms with Crippen LogP contribution in [0.15, 0.2) is 0 Å². The molecule has 1 aliphatic rings. The van der Waals surface area contributed by atoms with Gasteiger partial charge in [0, 0.05) is 6.42 Å². The Kier molecular flexibility index (Phi) is 3.06. The maximum atomic E-state index is 11.7. The minimum atomic E-state index is -2.11. The quantitative estimate of drug-likeness (QED) is 0.643. The second-order valence-electron chi connectivity index (χ2n) is 2.83. The summed E-state index contributed by atoms with van der Waals surface area (Å²) in [6.07, 6.45) is -0.274. The average Bonchev–Trinajstić information content (AvgIpc) is 2.34. The molecular formula is C7H13F2N. The van der Waals surface area contributed by atoms with Crippen molar-refractivity contribution in [3.8, 4) is 0 Å². The summed E-state index contributed by atoms with van der Waals surface area (Å²) in [7, 11) is 0. The van der Waals surface area contributed by atoms with Gasteiger partial charge in [-0.15, -0.1) is 0 Å². The predicted molar refractivity (Wildman–Crippen MR) is 36.2 cm³/mol. The molecule has 10 heavy (non-hydrogen) atoms. The largest absolute Gasteiger partial charge is 0.316 e. The van der Waals surface area contributed by atoms with Gasteiger partial charge < -0.3 is 5.32 Å². The van der Waals surface area contributed by atoms with E-state index in [-0.39, 0.29) is 6.42 Å². The lowest BCUT2D eigenvalue weighted by molar-refractivity contribution is 0.128. The first-order valence-electron chi connectivity index (χ1n) is 3.78. The van der Waals surface area contributed by atoms with Crippen LogP contribution in [0.1, 0.15) is 19.3 Å². The van der Waals surface area contributed by atoms with E-state index in [1.807, 2.05) is 0 Å². The lowest BCUT2D eigenvalue weighted by Crippen LogP contribution is -2.09. The fourth-order valence-electron chi connectivity index (χ4n) is 1.32. The Labute approximate surface area is 59.8 Å². The molecule has 3 heteroatoms. The predicted octanol–water partition coefficient (Wildman–Crippen LogP) is 1.64. The summed E-state index contributed by atoms with van der Waals surface area (Å²) in [5, 5.41) is 3.15. The van der Waals surface area contributed by atoms with E-state index in [9.17, 15) is 8.78 Å². The standard InChI is InChI=1S/C7H13F2N/c8-7(9)2-1-6-3-4-10-5-6/h6-7,10H,1-5H2. The highest BCUT2D eigenvalue weighted by molar-refractivity contribution is 4.70. The fourth-order valence-corrected chi connectivity index (χ4v) is 1.32. The van der Waals surface area contributed by atoms with Crippen molar-refractivity contribution in [2.75, 3.05) is 13.1 Å². The van der Waals surface area contributed by atoms with Gasteiger partial charge in [0.05, 0.1) is 0 Å². The molecule has 0 bridgehead atoms. The van der Waals surface area contributed by atoms with Gasteiger partial charge in [-0.25, -0.2) is 8.78 Å². The molecule has 1 atom stereocenters. The van der Waals surface area contributed by atoms with Crippen LogP contribution in [0.5, 0.6) is 0 Å². The molecule has 0 spiro atoms. The van der Waals surface area contributed by atoms with Crippen molar-refractivity contribution < 1.29 is 8.78 Å². The van der Waals surface area contributed by atoms with Crippen LogP contribution in [0.3, 0.4) is 0 Å². The molecule has 1 saturated heterocycles. The molecule has 0 aromatic heterocycles. The van der Waals surface area contributed by atoms with Gasteiger partial charge >= 0.3 is 0 Å². The fraction of sp³-hybridized carbons (Fsp3) is 1.00. The lowest BCUT2D eigenvalue weighted by Gasteiger charge is -2.05. The summed E-state index contributed by atoms with van der Waals surface area (Å²) in [6.45, 7) is 1.95. The molecule has 0 amide bonds. The molecule has 1 aliphatic heterocycles. The third-order valence-corrected chi connectivity index (χ3v) is 1.96. The number of nitrogens with one attached hydrogen (secondary N) is 1. The zero-order chi connectivity index (χ0) is 7.40. The Morgan fingerprint density at radius 1 is 1.50 bits per heavy atom. The highest BCUT2D eigenvalue weighted by atomic mass is 19.3. The summed E-state index contributed by atoms with van der Waals surface area (Å²) in [5.74, 6) is 0.508. The molecule has 1 heterocycles. The molecule has 1 nitrogen and oxygen atoms in total. The minimum absolute atomic E-state index is 0.0757. The number of alkyl halides is 2. The van der Waals surface area contributed by atoms with E-state index in [4.69, 9.17) is 0 Å². The minimum Gasteiger partial charge on any atom is -0.316 e. The Bertz CT molecular complexity index is 89.6. The van der Waals surface area contributed by atoms with Gasteiger partial charge in [-0.2, -0.15) is 0 Å². The Hall–Kier alpha value is -0.180. The molecule has 0 saturated carbocycles. The van der Waals surface area contributed by atoms with E-state index < -0.39 is 6.43 Å². The van der Waals surface area contributed by atoms with E-state index in [0.29, 0.717) is 12.3 Å². The van der Waals surface area contributed by atoms with Crippen LogP contribution in [0.25, 0.3) is 0 Å². The van der Waals surface area contributed by atoms with Crippen molar-refractivity contribution in [1.82, 2.24) is 5.32 Å². The highest BCUT2D eigenvalue weighted by Crippen LogP contribution is 2.16. The number of hydrogen-bond acceptors (Lipinski definition) is 1. The van der Waals surface area contributed by atoms with E-state index in [1.165, 1.54) is 0 Å². The molecule has 1 N–H and O–H groups in total. The maximum absolute atomic E-state index is 11.7. The number of hydrogen-bond donors (Lipinski definition) is 1. The van der Waals surface area contributed by atoms with Gasteiger partial charge in [-0.05, 0) is 31.8 Å². The SMILES string of the molecule is FC(F)CCC1CCNC1. The van der Waals surface area contributed by atoms with Crippen molar-refractivity contribution in [3.63, 3.8) is 0 Å². The molecule has 60 valence electrons. The number of rotatable bonds is 3. The summed E-state index contributed by atoms with van der Waals surface area (Å²) in [5.41, 5.74) is 0. The molecule has 0 aromatic carbocycles. The monoisotopic (exact) mass is 149 g/mol. The van der Waals surface area contributed by atoms with Gasteiger partial charge in [-0.1, -0.05) is 0 Å². The van der Waals surface area contributed by atoms with Gasteiger partial charge in [0.25, 0.3) is 0 Å². The summed E-state index contributed by atoms with van der Waals surface area (Å²) in [6, 6.07) is 0. The van der Waals surface area contributed by atoms with Crippen LogP contribution >= 0.6 is 0 Å². The third kappa shape index (κ3) is 2.60. The van der Waals surface area contributed by atoms with E-state index in [1.54, 1.807) is 0 Å². The van der Waals surface area contributed by atoms with Crippen molar-refractivity contribution >= 4 is 0 Å².